The smallest absolute Gasteiger partial charge is 0.319 e. The molecule has 168 valence electrons. The molecule has 3 N–H and O–H groups in total. The lowest BCUT2D eigenvalue weighted by Gasteiger charge is -2.44. The van der Waals surface area contributed by atoms with E-state index in [-0.39, 0.29) is 23.9 Å². The zero-order valence-electron chi connectivity index (χ0n) is 18.1. The van der Waals surface area contributed by atoms with Crippen LogP contribution in [0.25, 0.3) is 0 Å². The van der Waals surface area contributed by atoms with Gasteiger partial charge in [-0.05, 0) is 49.4 Å². The zero-order chi connectivity index (χ0) is 21.8. The van der Waals surface area contributed by atoms with E-state index in [4.69, 9.17) is 4.74 Å². The molecule has 3 atom stereocenters. The summed E-state index contributed by atoms with van der Waals surface area (Å²) in [5.41, 5.74) is 0.659. The molecule has 31 heavy (non-hydrogen) atoms. The van der Waals surface area contributed by atoms with Gasteiger partial charge in [-0.3, -0.25) is 9.59 Å². The van der Waals surface area contributed by atoms with Crippen molar-refractivity contribution in [1.29, 1.82) is 0 Å². The summed E-state index contributed by atoms with van der Waals surface area (Å²) in [5, 5.41) is 8.71. The van der Waals surface area contributed by atoms with Gasteiger partial charge < -0.3 is 25.6 Å². The molecule has 0 bridgehead atoms. The Morgan fingerprint density at radius 3 is 2.58 bits per heavy atom. The molecule has 0 aromatic heterocycles. The number of amides is 4. The van der Waals surface area contributed by atoms with Crippen LogP contribution in [0.15, 0.2) is 24.3 Å². The number of piperazine rings is 1. The minimum absolute atomic E-state index is 0.0382. The molecule has 2 heterocycles. The minimum Gasteiger partial charge on any atom is -0.497 e. The highest BCUT2D eigenvalue weighted by atomic mass is 16.5. The van der Waals surface area contributed by atoms with Crippen molar-refractivity contribution in [2.24, 2.45) is 5.92 Å². The van der Waals surface area contributed by atoms with Crippen molar-refractivity contribution in [3.8, 4) is 5.75 Å². The Morgan fingerprint density at radius 2 is 1.87 bits per heavy atom. The van der Waals surface area contributed by atoms with E-state index in [1.165, 1.54) is 19.3 Å². The van der Waals surface area contributed by atoms with Crippen LogP contribution in [0.4, 0.5) is 10.5 Å². The van der Waals surface area contributed by atoms with Crippen molar-refractivity contribution < 1.29 is 19.1 Å². The molecule has 0 spiro atoms. The quantitative estimate of drug-likeness (QED) is 0.671. The van der Waals surface area contributed by atoms with Crippen LogP contribution in [0.1, 0.15) is 51.4 Å². The van der Waals surface area contributed by atoms with E-state index >= 15 is 0 Å². The number of methoxy groups -OCH3 is 1. The number of nitrogens with zero attached hydrogens (tertiary/aromatic N) is 1. The topological polar surface area (TPSA) is 99.8 Å². The second kappa shape index (κ2) is 9.58. The Balaban J connectivity index is 1.29. The number of hydrogen-bond donors (Lipinski definition) is 3. The van der Waals surface area contributed by atoms with Crippen LogP contribution in [0, 0.1) is 5.92 Å². The van der Waals surface area contributed by atoms with Crippen LogP contribution < -0.4 is 20.7 Å². The van der Waals surface area contributed by atoms with Crippen molar-refractivity contribution in [2.75, 3.05) is 19.0 Å². The molecule has 1 aliphatic carbocycles. The summed E-state index contributed by atoms with van der Waals surface area (Å²) in [6, 6.07) is 5.70. The summed E-state index contributed by atoms with van der Waals surface area (Å²) in [6.07, 6.45) is 7.84. The fourth-order valence-electron chi connectivity index (χ4n) is 5.08. The van der Waals surface area contributed by atoms with Crippen molar-refractivity contribution in [1.82, 2.24) is 15.5 Å². The normalized spacial score (nSPS) is 26.6. The Kier molecular flexibility index (Phi) is 6.63. The van der Waals surface area contributed by atoms with Gasteiger partial charge in [0.05, 0.1) is 7.11 Å². The molecule has 1 aromatic carbocycles. The van der Waals surface area contributed by atoms with E-state index in [9.17, 15) is 14.4 Å². The average Bonchev–Trinajstić information content (AvgIpc) is 2.78. The van der Waals surface area contributed by atoms with Crippen molar-refractivity contribution in [3.63, 3.8) is 0 Å². The fourth-order valence-corrected chi connectivity index (χ4v) is 5.08. The molecule has 0 radical (unpaired) electrons. The number of anilines is 1. The Hall–Kier alpha value is -2.77. The Labute approximate surface area is 183 Å². The highest BCUT2D eigenvalue weighted by Crippen LogP contribution is 2.30. The van der Waals surface area contributed by atoms with Gasteiger partial charge in [0.15, 0.2) is 0 Å². The number of fused-ring (bicyclic) bond motifs is 1. The molecular formula is C23H32N4O4. The van der Waals surface area contributed by atoms with Gasteiger partial charge in [-0.25, -0.2) is 4.79 Å². The summed E-state index contributed by atoms with van der Waals surface area (Å²) in [7, 11) is 1.59. The first-order valence-electron chi connectivity index (χ1n) is 11.4. The maximum absolute atomic E-state index is 13.0. The van der Waals surface area contributed by atoms with Gasteiger partial charge in [0.1, 0.15) is 17.8 Å². The number of benzene rings is 1. The first-order valence-corrected chi connectivity index (χ1v) is 11.4. The summed E-state index contributed by atoms with van der Waals surface area (Å²) >= 11 is 0. The molecule has 3 aliphatic rings. The predicted molar refractivity (Wildman–Crippen MR) is 117 cm³/mol. The number of carbonyl (C=O) groups is 3. The van der Waals surface area contributed by atoms with Crippen LogP contribution >= 0.6 is 0 Å². The van der Waals surface area contributed by atoms with Crippen LogP contribution in [0.5, 0.6) is 5.75 Å². The largest absolute Gasteiger partial charge is 0.497 e. The summed E-state index contributed by atoms with van der Waals surface area (Å²) < 4.78 is 5.12. The highest BCUT2D eigenvalue weighted by Gasteiger charge is 2.44. The van der Waals surface area contributed by atoms with Gasteiger partial charge >= 0.3 is 6.03 Å². The molecule has 4 rings (SSSR count). The second-order valence-electron chi connectivity index (χ2n) is 8.90. The van der Waals surface area contributed by atoms with Crippen LogP contribution in [0.2, 0.25) is 0 Å². The van der Waals surface area contributed by atoms with E-state index in [0.29, 0.717) is 36.7 Å². The van der Waals surface area contributed by atoms with Gasteiger partial charge in [0.2, 0.25) is 11.8 Å². The number of nitrogens with one attached hydrogen (secondary N) is 3. The highest BCUT2D eigenvalue weighted by molar-refractivity contribution is 5.97. The van der Waals surface area contributed by atoms with Gasteiger partial charge in [-0.2, -0.15) is 0 Å². The van der Waals surface area contributed by atoms with E-state index in [1.54, 1.807) is 36.3 Å². The predicted octanol–water partition coefficient (Wildman–Crippen LogP) is 2.65. The lowest BCUT2D eigenvalue weighted by atomic mass is 9.83. The first-order chi connectivity index (χ1) is 15.0. The molecule has 3 unspecified atom stereocenters. The van der Waals surface area contributed by atoms with Crippen molar-refractivity contribution >= 4 is 23.5 Å². The van der Waals surface area contributed by atoms with Crippen LogP contribution in [-0.4, -0.2) is 54.5 Å². The molecule has 3 fully saturated rings. The van der Waals surface area contributed by atoms with Crippen LogP contribution in [0.3, 0.4) is 0 Å². The van der Waals surface area contributed by atoms with E-state index in [0.717, 1.165) is 19.3 Å². The third kappa shape index (κ3) is 5.11. The minimum atomic E-state index is -0.504. The fraction of sp³-hybridized carbons (Fsp3) is 0.609. The van der Waals surface area contributed by atoms with E-state index in [1.807, 2.05) is 0 Å². The van der Waals surface area contributed by atoms with Gasteiger partial charge in [0.25, 0.3) is 0 Å². The lowest BCUT2D eigenvalue weighted by Crippen LogP contribution is -2.67. The molecule has 1 aromatic rings. The SMILES string of the molecule is COc1ccc(NC(=O)NC2CCN3C(=O)C(CC4CCCCC4)NC(=O)C3C2)cc1. The van der Waals surface area contributed by atoms with E-state index in [2.05, 4.69) is 16.0 Å². The number of hydrogen-bond acceptors (Lipinski definition) is 4. The third-order valence-corrected chi connectivity index (χ3v) is 6.78. The third-order valence-electron chi connectivity index (χ3n) is 6.78. The molecule has 2 saturated heterocycles. The van der Waals surface area contributed by atoms with Gasteiger partial charge in [-0.15, -0.1) is 0 Å². The number of ether oxygens (including phenoxy) is 1. The maximum Gasteiger partial charge on any atom is 0.319 e. The number of urea groups is 1. The number of carbonyl (C=O) groups excluding carboxylic acids is 3. The maximum atomic E-state index is 13.0. The first kappa shape index (κ1) is 21.5. The molecule has 1 saturated carbocycles. The standard InChI is InChI=1S/C23H32N4O4/c1-31-18-9-7-16(8-10-18)24-23(30)25-17-11-12-27-20(14-17)21(28)26-19(22(27)29)13-15-5-3-2-4-6-15/h7-10,15,17,19-20H,2-6,11-14H2,1H3,(H,26,28)(H2,24,25,30). The molecule has 8 nitrogen and oxygen atoms in total. The molecule has 8 heteroatoms. The van der Waals surface area contributed by atoms with E-state index < -0.39 is 12.1 Å². The van der Waals surface area contributed by atoms with Crippen molar-refractivity contribution in [2.45, 2.75) is 69.5 Å². The average molecular weight is 429 g/mol. The van der Waals surface area contributed by atoms with Crippen molar-refractivity contribution in [3.05, 3.63) is 24.3 Å². The lowest BCUT2D eigenvalue weighted by molar-refractivity contribution is -0.152. The summed E-state index contributed by atoms with van der Waals surface area (Å²) in [6.45, 7) is 0.492. The molecular weight excluding hydrogens is 396 g/mol. The second-order valence-corrected chi connectivity index (χ2v) is 8.90. The number of piperidine rings is 1. The molecule has 4 amide bonds. The Bertz CT molecular complexity index is 806. The summed E-state index contributed by atoms with van der Waals surface area (Å²) in [4.78, 5) is 39.9. The van der Waals surface area contributed by atoms with Gasteiger partial charge in [-0.1, -0.05) is 32.1 Å². The Morgan fingerprint density at radius 1 is 1.13 bits per heavy atom. The number of rotatable bonds is 5. The summed E-state index contributed by atoms with van der Waals surface area (Å²) in [5.74, 6) is 1.19. The zero-order valence-corrected chi connectivity index (χ0v) is 18.1. The van der Waals surface area contributed by atoms with Gasteiger partial charge in [0, 0.05) is 18.3 Å². The monoisotopic (exact) mass is 428 g/mol. The van der Waals surface area contributed by atoms with Crippen LogP contribution in [-0.2, 0) is 9.59 Å². The molecule has 2 aliphatic heterocycles.